The van der Waals surface area contributed by atoms with Crippen LogP contribution in [0, 0.1) is 0 Å². The van der Waals surface area contributed by atoms with Crippen LogP contribution in [0.2, 0.25) is 0 Å². The molecule has 4 aromatic carbocycles. The molecular formula is C31H32N4O. The van der Waals surface area contributed by atoms with Crippen molar-refractivity contribution in [3.63, 3.8) is 0 Å². The maximum atomic E-state index is 6.60. The second-order valence-corrected chi connectivity index (χ2v) is 10.3. The topological polar surface area (TPSA) is 22.2 Å². The maximum Gasteiger partial charge on any atom is 0.137 e. The Labute approximate surface area is 213 Å². The zero-order valence-corrected chi connectivity index (χ0v) is 21.3. The minimum absolute atomic E-state index is 0.0399. The van der Waals surface area contributed by atoms with Crippen LogP contribution < -0.4 is 14.5 Å². The Morgan fingerprint density at radius 1 is 0.750 bits per heavy atom. The second-order valence-electron chi connectivity index (χ2n) is 10.3. The third-order valence-corrected chi connectivity index (χ3v) is 7.54. The predicted octanol–water partition coefficient (Wildman–Crippen LogP) is 7.09. The monoisotopic (exact) mass is 476 g/mol. The van der Waals surface area contributed by atoms with Crippen molar-refractivity contribution in [1.82, 2.24) is 9.80 Å². The Kier molecular flexibility index (Phi) is 5.38. The van der Waals surface area contributed by atoms with Crippen molar-refractivity contribution in [1.29, 1.82) is 0 Å². The largest absolute Gasteiger partial charge is 0.457 e. The van der Waals surface area contributed by atoms with Gasteiger partial charge in [0.1, 0.15) is 11.5 Å². The SMILES string of the molecule is CN1C=CN(c2cccc(Oc3cc(N4CN(C)C(C)(C)c5ccccc54)cc4ccccc34)c2)C1. The Morgan fingerprint density at radius 2 is 1.56 bits per heavy atom. The first-order valence-electron chi connectivity index (χ1n) is 12.4. The van der Waals surface area contributed by atoms with Crippen molar-refractivity contribution in [2.45, 2.75) is 19.4 Å². The van der Waals surface area contributed by atoms with Gasteiger partial charge in [-0.1, -0.05) is 48.5 Å². The molecule has 0 atom stereocenters. The fraction of sp³-hybridized carbons (Fsp3) is 0.226. The molecule has 36 heavy (non-hydrogen) atoms. The minimum Gasteiger partial charge on any atom is -0.457 e. The zero-order chi connectivity index (χ0) is 24.9. The molecule has 0 saturated heterocycles. The lowest BCUT2D eigenvalue weighted by atomic mass is 9.88. The highest BCUT2D eigenvalue weighted by Crippen LogP contribution is 2.44. The van der Waals surface area contributed by atoms with Gasteiger partial charge in [0.15, 0.2) is 0 Å². The summed E-state index contributed by atoms with van der Waals surface area (Å²) in [6.45, 7) is 6.21. The number of ether oxygens (including phenoxy) is 1. The lowest BCUT2D eigenvalue weighted by Gasteiger charge is -2.47. The third kappa shape index (κ3) is 3.86. The Bertz CT molecular complexity index is 1460. The van der Waals surface area contributed by atoms with Crippen LogP contribution in [0.5, 0.6) is 11.5 Å². The normalized spacial score (nSPS) is 17.1. The van der Waals surface area contributed by atoms with Crippen molar-refractivity contribution in [3.05, 3.63) is 103 Å². The van der Waals surface area contributed by atoms with Gasteiger partial charge in [-0.15, -0.1) is 0 Å². The summed E-state index contributed by atoms with van der Waals surface area (Å²) < 4.78 is 6.60. The van der Waals surface area contributed by atoms with Gasteiger partial charge in [-0.05, 0) is 56.1 Å². The molecule has 0 bridgehead atoms. The molecule has 6 rings (SSSR count). The number of para-hydroxylation sites is 1. The summed E-state index contributed by atoms with van der Waals surface area (Å²) in [5.41, 5.74) is 4.77. The zero-order valence-electron chi connectivity index (χ0n) is 21.3. The molecular weight excluding hydrogens is 444 g/mol. The van der Waals surface area contributed by atoms with Gasteiger partial charge in [0.2, 0.25) is 0 Å². The molecule has 4 aromatic rings. The predicted molar refractivity (Wildman–Crippen MR) is 149 cm³/mol. The van der Waals surface area contributed by atoms with Gasteiger partial charge >= 0.3 is 0 Å². The lowest BCUT2D eigenvalue weighted by Crippen LogP contribution is -2.49. The molecule has 0 aliphatic carbocycles. The number of rotatable bonds is 4. The average Bonchev–Trinajstić information content (AvgIpc) is 3.33. The van der Waals surface area contributed by atoms with E-state index < -0.39 is 0 Å². The third-order valence-electron chi connectivity index (χ3n) is 7.54. The minimum atomic E-state index is -0.0399. The van der Waals surface area contributed by atoms with E-state index in [2.05, 4.69) is 139 Å². The first-order chi connectivity index (χ1) is 17.4. The van der Waals surface area contributed by atoms with Crippen LogP contribution in [0.15, 0.2) is 97.3 Å². The molecule has 5 heteroatoms. The standard InChI is InChI=1S/C31H32N4O/c1-31(2)28-14-7-8-15-29(28)35(22-33(31)4)25-18-23-10-5-6-13-27(23)30(20-25)36-26-12-9-11-24(19-26)34-17-16-32(3)21-34/h5-20H,21-22H2,1-4H3. The summed E-state index contributed by atoms with van der Waals surface area (Å²) >= 11 is 0. The summed E-state index contributed by atoms with van der Waals surface area (Å²) in [5, 5.41) is 2.27. The van der Waals surface area contributed by atoms with Crippen LogP contribution in [-0.4, -0.2) is 37.2 Å². The molecule has 2 aliphatic heterocycles. The van der Waals surface area contributed by atoms with Gasteiger partial charge in [-0.2, -0.15) is 0 Å². The number of fused-ring (bicyclic) bond motifs is 2. The van der Waals surface area contributed by atoms with Crippen LogP contribution in [-0.2, 0) is 5.54 Å². The number of hydrogen-bond donors (Lipinski definition) is 0. The van der Waals surface area contributed by atoms with Gasteiger partial charge < -0.3 is 19.4 Å². The van der Waals surface area contributed by atoms with E-state index in [1.807, 2.05) is 6.07 Å². The van der Waals surface area contributed by atoms with Gasteiger partial charge in [-0.3, -0.25) is 4.90 Å². The number of anilines is 3. The highest BCUT2D eigenvalue weighted by Gasteiger charge is 2.35. The van der Waals surface area contributed by atoms with E-state index in [0.29, 0.717) is 0 Å². The van der Waals surface area contributed by atoms with Crippen LogP contribution in [0.4, 0.5) is 17.1 Å². The molecule has 2 heterocycles. The Hall–Kier alpha value is -3.96. The summed E-state index contributed by atoms with van der Waals surface area (Å²) in [5.74, 6) is 1.69. The van der Waals surface area contributed by atoms with E-state index in [-0.39, 0.29) is 5.54 Å². The van der Waals surface area contributed by atoms with Gasteiger partial charge in [0.25, 0.3) is 0 Å². The van der Waals surface area contributed by atoms with Crippen LogP contribution in [0.1, 0.15) is 19.4 Å². The molecule has 0 unspecified atom stereocenters. The van der Waals surface area contributed by atoms with Gasteiger partial charge in [-0.25, -0.2) is 0 Å². The Balaban J connectivity index is 1.42. The molecule has 0 aromatic heterocycles. The van der Waals surface area contributed by atoms with Crippen molar-refractivity contribution in [2.75, 3.05) is 37.2 Å². The first-order valence-corrected chi connectivity index (χ1v) is 12.4. The summed E-state index contributed by atoms with van der Waals surface area (Å²) in [7, 11) is 4.27. The van der Waals surface area contributed by atoms with Gasteiger partial charge in [0, 0.05) is 59.6 Å². The van der Waals surface area contributed by atoms with E-state index in [9.17, 15) is 0 Å². The maximum absolute atomic E-state index is 6.60. The molecule has 0 spiro atoms. The fourth-order valence-corrected chi connectivity index (χ4v) is 5.17. The summed E-state index contributed by atoms with van der Waals surface area (Å²) in [4.78, 5) is 9.15. The van der Waals surface area contributed by atoms with Crippen LogP contribution in [0.3, 0.4) is 0 Å². The van der Waals surface area contributed by atoms with E-state index in [1.54, 1.807) is 0 Å². The van der Waals surface area contributed by atoms with E-state index >= 15 is 0 Å². The van der Waals surface area contributed by atoms with Crippen molar-refractivity contribution in [2.24, 2.45) is 0 Å². The lowest BCUT2D eigenvalue weighted by molar-refractivity contribution is 0.150. The highest BCUT2D eigenvalue weighted by molar-refractivity contribution is 5.93. The van der Waals surface area contributed by atoms with Crippen molar-refractivity contribution >= 4 is 27.8 Å². The van der Waals surface area contributed by atoms with Crippen molar-refractivity contribution in [3.8, 4) is 11.5 Å². The van der Waals surface area contributed by atoms with E-state index in [0.717, 1.165) is 47.0 Å². The first kappa shape index (κ1) is 22.5. The smallest absolute Gasteiger partial charge is 0.137 e. The quantitative estimate of drug-likeness (QED) is 0.313. The fourth-order valence-electron chi connectivity index (χ4n) is 5.17. The highest BCUT2D eigenvalue weighted by atomic mass is 16.5. The van der Waals surface area contributed by atoms with Crippen LogP contribution >= 0.6 is 0 Å². The van der Waals surface area contributed by atoms with Crippen LogP contribution in [0.25, 0.3) is 10.8 Å². The molecule has 2 aliphatic rings. The molecule has 0 saturated carbocycles. The van der Waals surface area contributed by atoms with E-state index in [4.69, 9.17) is 4.74 Å². The van der Waals surface area contributed by atoms with Gasteiger partial charge in [0.05, 0.1) is 13.3 Å². The average molecular weight is 477 g/mol. The molecule has 5 nitrogen and oxygen atoms in total. The number of benzene rings is 4. The summed E-state index contributed by atoms with van der Waals surface area (Å²) in [6.07, 6.45) is 4.18. The molecule has 182 valence electrons. The number of nitrogens with zero attached hydrogens (tertiary/aromatic N) is 4. The molecule has 0 fully saturated rings. The van der Waals surface area contributed by atoms with E-state index in [1.165, 1.54) is 11.3 Å². The summed E-state index contributed by atoms with van der Waals surface area (Å²) in [6, 6.07) is 30.0. The molecule has 0 N–H and O–H groups in total. The molecule has 0 amide bonds. The molecule has 0 radical (unpaired) electrons. The number of hydrogen-bond acceptors (Lipinski definition) is 5. The second kappa shape index (κ2) is 8.61. The Morgan fingerprint density at radius 3 is 2.39 bits per heavy atom. The van der Waals surface area contributed by atoms with Crippen molar-refractivity contribution < 1.29 is 4.74 Å².